The van der Waals surface area contributed by atoms with Crippen LogP contribution in [0.15, 0.2) is 48.5 Å². The van der Waals surface area contributed by atoms with Crippen LogP contribution in [0, 0.1) is 25.4 Å². The predicted molar refractivity (Wildman–Crippen MR) is 136 cm³/mol. The average molecular weight is 685 g/mol. The van der Waals surface area contributed by atoms with Crippen LogP contribution in [0.5, 0.6) is 5.75 Å². The molecule has 0 aromatic heterocycles. The van der Waals surface area contributed by atoms with E-state index in [0.29, 0.717) is 30.4 Å². The van der Waals surface area contributed by atoms with Gasteiger partial charge in [0.15, 0.2) is 0 Å². The molecule has 3 rings (SSSR count). The molecule has 1 unspecified atom stereocenters. The van der Waals surface area contributed by atoms with Crippen molar-refractivity contribution < 1.29 is 39.5 Å². The van der Waals surface area contributed by atoms with E-state index in [1.807, 2.05) is 22.6 Å². The van der Waals surface area contributed by atoms with E-state index in [4.69, 9.17) is 23.2 Å². The molecule has 0 saturated carbocycles. The van der Waals surface area contributed by atoms with Crippen LogP contribution >= 0.6 is 68.4 Å². The molecule has 0 saturated heterocycles. The van der Waals surface area contributed by atoms with Gasteiger partial charge in [-0.1, -0.05) is 47.0 Å². The van der Waals surface area contributed by atoms with Gasteiger partial charge in [-0.15, -0.1) is 5.69 Å². The van der Waals surface area contributed by atoms with E-state index in [1.54, 1.807) is 55.5 Å². The molecule has 4 nitrogen and oxygen atoms in total. The number of aromatic hydroxyl groups is 1. The number of halogens is 4. The molecule has 0 radical (unpaired) electrons. The third-order valence-electron chi connectivity index (χ3n) is 4.44. The second-order valence-corrected chi connectivity index (χ2v) is 9.73. The van der Waals surface area contributed by atoms with E-state index in [0.717, 1.165) is 9.13 Å². The summed E-state index contributed by atoms with van der Waals surface area (Å²) >= 11 is 16.4. The zero-order valence-corrected chi connectivity index (χ0v) is 24.3. The number of phenols is 1. The summed E-state index contributed by atoms with van der Waals surface area (Å²) in [5.41, 5.74) is 2.47. The Kier molecular flexibility index (Phi) is 9.95. The van der Waals surface area contributed by atoms with Crippen molar-refractivity contribution in [3.05, 3.63) is 93.3 Å². The van der Waals surface area contributed by atoms with E-state index in [-0.39, 0.29) is 40.9 Å². The molecule has 0 fully saturated rings. The zero-order chi connectivity index (χ0) is 22.0. The molecule has 0 heterocycles. The molecule has 0 spiro atoms. The number of carbonyl (C=O) groups is 1. The quantitative estimate of drug-likeness (QED) is 0.320. The summed E-state index contributed by atoms with van der Waals surface area (Å²) in [5.74, 6) is -1.32. The summed E-state index contributed by atoms with van der Waals surface area (Å²) in [6.07, 6.45) is 0. The first kappa shape index (κ1) is 26.7. The maximum absolute atomic E-state index is 12.8. The third kappa shape index (κ3) is 6.28. The van der Waals surface area contributed by atoms with Gasteiger partial charge in [-0.05, 0) is 93.6 Å². The van der Waals surface area contributed by atoms with Gasteiger partial charge in [-0.3, -0.25) is 0 Å². The smallest absolute Gasteiger partial charge is 0.622 e. The van der Waals surface area contributed by atoms with Gasteiger partial charge in [0.05, 0.1) is 21.5 Å². The van der Waals surface area contributed by atoms with Crippen molar-refractivity contribution >= 4 is 80.0 Å². The molecule has 9 heteroatoms. The molecule has 3 aromatic carbocycles. The Morgan fingerprint density at radius 1 is 1.13 bits per heavy atom. The molecule has 152 valence electrons. The van der Waals surface area contributed by atoms with Crippen LogP contribution in [0.1, 0.15) is 33.0 Å². The summed E-state index contributed by atoms with van der Waals surface area (Å²) < 4.78 is 1.38. The Bertz CT molecular complexity index is 1180. The topological polar surface area (TPSA) is 75.2 Å². The van der Waals surface area contributed by atoms with Gasteiger partial charge < -0.3 is 15.2 Å². The molecule has 0 aliphatic carbocycles. The van der Waals surface area contributed by atoms with Gasteiger partial charge in [0, 0.05) is 19.2 Å². The molecule has 0 bridgehead atoms. The summed E-state index contributed by atoms with van der Waals surface area (Å²) in [6, 6.07) is 15.9. The van der Waals surface area contributed by atoms with Crippen molar-refractivity contribution in [2.45, 2.75) is 12.8 Å². The summed E-state index contributed by atoms with van der Waals surface area (Å²) in [7, 11) is 0. The predicted octanol–water partition coefficient (Wildman–Crippen LogP) is 4.72. The summed E-state index contributed by atoms with van der Waals surface area (Å²) in [6.45, 7) is 1.78. The van der Waals surface area contributed by atoms with E-state index in [9.17, 15) is 15.2 Å². The van der Waals surface area contributed by atoms with Gasteiger partial charge in [0.2, 0.25) is 0 Å². The van der Waals surface area contributed by atoms with Crippen LogP contribution in [0.3, 0.4) is 0 Å². The van der Waals surface area contributed by atoms with Crippen molar-refractivity contribution in [3.8, 4) is 11.8 Å². The Balaban J connectivity index is 0.00000341. The molecule has 0 aliphatic rings. The Labute approximate surface area is 239 Å². The molecular weight excluding hydrogens is 672 g/mol. The van der Waals surface area contributed by atoms with E-state index >= 15 is 0 Å². The number of hydrogen-bond donors (Lipinski definition) is 1. The van der Waals surface area contributed by atoms with Crippen LogP contribution < -0.4 is 29.6 Å². The first-order chi connectivity index (χ1) is 14.2. The van der Waals surface area contributed by atoms with E-state index < -0.39 is 11.8 Å². The molecule has 3 aromatic rings. The van der Waals surface area contributed by atoms with Crippen LogP contribution in [0.25, 0.3) is 5.32 Å². The van der Waals surface area contributed by atoms with Crippen LogP contribution in [-0.4, -0.2) is 11.0 Å². The van der Waals surface area contributed by atoms with Gasteiger partial charge in [-0.2, -0.15) is 5.26 Å². The van der Waals surface area contributed by atoms with Crippen LogP contribution in [-0.2, 0) is 0 Å². The standard InChI is InChI=1S/C22H14Cl2I2N2O2.Na/c1-11-6-18(24)15(17(10-27)12-2-4-13(23)5-3-12)9-20(11)28-22(30)16-7-14(25)8-19(26)21(16)29;/h2-9,17H,1H3,(H2,28,29,30);/q;+1/p-1. The Morgan fingerprint density at radius 3 is 2.39 bits per heavy atom. The summed E-state index contributed by atoms with van der Waals surface area (Å²) in [4.78, 5) is 12.8. The number of phenolic OH excluding ortho intramolecular Hbond substituents is 1. The third-order valence-corrected chi connectivity index (χ3v) is 6.46. The van der Waals surface area contributed by atoms with Gasteiger partial charge in [0.25, 0.3) is 0 Å². The minimum absolute atomic E-state index is 0. The van der Waals surface area contributed by atoms with Crippen LogP contribution in [0.4, 0.5) is 5.69 Å². The second-order valence-electron chi connectivity index (χ2n) is 6.47. The number of nitrogens with zero attached hydrogens (tertiary/aromatic N) is 2. The van der Waals surface area contributed by atoms with Crippen LogP contribution in [0.2, 0.25) is 10.0 Å². The van der Waals surface area contributed by atoms with Crippen molar-refractivity contribution in [2.75, 3.05) is 0 Å². The first-order valence-corrected chi connectivity index (χ1v) is 11.5. The van der Waals surface area contributed by atoms with Crippen molar-refractivity contribution in [1.82, 2.24) is 0 Å². The van der Waals surface area contributed by atoms with Gasteiger partial charge in [-0.25, -0.2) is 0 Å². The zero-order valence-electron chi connectivity index (χ0n) is 16.5. The molecule has 0 aliphatic heterocycles. The SMILES string of the molecule is Cc1cc(Cl)c(C(C#N)c2ccc(Cl)cc2)cc1[N-]C(=O)c1cc(I)cc(I)c1O.[Na+]. The molecule has 1 N–H and O–H groups in total. The average Bonchev–Trinajstić information content (AvgIpc) is 2.69. The first-order valence-electron chi connectivity index (χ1n) is 8.60. The minimum atomic E-state index is -0.647. The van der Waals surface area contributed by atoms with Gasteiger partial charge in [0.1, 0.15) is 5.75 Å². The van der Waals surface area contributed by atoms with Crippen molar-refractivity contribution in [2.24, 2.45) is 0 Å². The second kappa shape index (κ2) is 11.5. The van der Waals surface area contributed by atoms with E-state index in [2.05, 4.69) is 34.0 Å². The normalized spacial score (nSPS) is 11.2. The number of aryl methyl sites for hydroxylation is 1. The fraction of sp³-hybridized carbons (Fsp3) is 0.0909. The molecule has 1 atom stereocenters. The largest absolute Gasteiger partial charge is 1.00 e. The maximum Gasteiger partial charge on any atom is 1.00 e. The van der Waals surface area contributed by atoms with Crippen molar-refractivity contribution in [3.63, 3.8) is 0 Å². The monoisotopic (exact) mass is 684 g/mol. The minimum Gasteiger partial charge on any atom is -0.622 e. The van der Waals surface area contributed by atoms with E-state index in [1.165, 1.54) is 0 Å². The molecule has 31 heavy (non-hydrogen) atoms. The maximum atomic E-state index is 12.8. The fourth-order valence-corrected chi connectivity index (χ4v) is 5.19. The Morgan fingerprint density at radius 2 is 1.77 bits per heavy atom. The summed E-state index contributed by atoms with van der Waals surface area (Å²) in [5, 5.41) is 25.2. The number of nitriles is 1. The number of carbonyl (C=O) groups excluding carboxylic acids is 1. The Hall–Kier alpha value is -0.540. The van der Waals surface area contributed by atoms with Gasteiger partial charge >= 0.3 is 29.6 Å². The fourth-order valence-electron chi connectivity index (χ4n) is 2.90. The number of rotatable bonds is 4. The van der Waals surface area contributed by atoms with Crippen molar-refractivity contribution in [1.29, 1.82) is 5.26 Å². The molecular formula is C22H13Cl2I2N2NaO2. The number of benzene rings is 3. The number of hydrogen-bond acceptors (Lipinski definition) is 3. The number of amides is 1. The molecule has 1 amide bonds.